The Kier molecular flexibility index (Phi) is 7.19. The Labute approximate surface area is 131 Å². The maximum atomic E-state index is 13.0. The second-order valence-electron chi connectivity index (χ2n) is 6.34. The maximum Gasteiger partial charge on any atom is 0.426 e. The van der Waals surface area contributed by atoms with E-state index < -0.39 is 36.4 Å². The molecule has 1 saturated carbocycles. The number of aliphatic hydroxyl groups is 2. The van der Waals surface area contributed by atoms with Crippen LogP contribution in [0.4, 0.5) is 26.3 Å². The van der Waals surface area contributed by atoms with Gasteiger partial charge in [0.1, 0.15) is 0 Å². The van der Waals surface area contributed by atoms with Crippen LogP contribution in [0.1, 0.15) is 64.2 Å². The predicted molar refractivity (Wildman–Crippen MR) is 72.7 cm³/mol. The van der Waals surface area contributed by atoms with Crippen LogP contribution < -0.4 is 0 Å². The van der Waals surface area contributed by atoms with Crippen LogP contribution >= 0.6 is 0 Å². The molecule has 1 aliphatic rings. The summed E-state index contributed by atoms with van der Waals surface area (Å²) in [5.41, 5.74) is -4.87. The van der Waals surface area contributed by atoms with E-state index in [2.05, 4.69) is 0 Å². The standard InChI is InChI=1S/C15H24F6O2/c16-14(17,18)13(23,15(19,20)21)11-9-7-5-3-1-2-4-6-8-10-12(11)22/h11-12,22-23H,1-10H2. The summed E-state index contributed by atoms with van der Waals surface area (Å²) in [5.74, 6) is -2.29. The van der Waals surface area contributed by atoms with Crippen LogP contribution in [0.15, 0.2) is 0 Å². The molecule has 0 aromatic rings. The van der Waals surface area contributed by atoms with Crippen molar-refractivity contribution in [1.82, 2.24) is 0 Å². The van der Waals surface area contributed by atoms with Crippen molar-refractivity contribution in [3.63, 3.8) is 0 Å². The highest BCUT2D eigenvalue weighted by molar-refractivity contribution is 5.01. The summed E-state index contributed by atoms with van der Waals surface area (Å²) in [5, 5.41) is 19.5. The van der Waals surface area contributed by atoms with Gasteiger partial charge in [0.15, 0.2) is 0 Å². The second-order valence-corrected chi connectivity index (χ2v) is 6.34. The van der Waals surface area contributed by atoms with Crippen molar-refractivity contribution >= 4 is 0 Å². The van der Waals surface area contributed by atoms with Crippen molar-refractivity contribution in [2.45, 2.75) is 88.3 Å². The lowest BCUT2D eigenvalue weighted by molar-refractivity contribution is -0.392. The van der Waals surface area contributed by atoms with Gasteiger partial charge < -0.3 is 10.2 Å². The molecule has 0 heterocycles. The number of aliphatic hydroxyl groups excluding tert-OH is 1. The molecule has 2 N–H and O–H groups in total. The first-order valence-corrected chi connectivity index (χ1v) is 8.05. The summed E-state index contributed by atoms with van der Waals surface area (Å²) in [7, 11) is 0. The quantitative estimate of drug-likeness (QED) is 0.671. The lowest BCUT2D eigenvalue weighted by Gasteiger charge is -2.41. The summed E-state index contributed by atoms with van der Waals surface area (Å²) in [6.45, 7) is 0. The number of rotatable bonds is 1. The largest absolute Gasteiger partial charge is 0.426 e. The molecule has 0 aromatic heterocycles. The Bertz CT molecular complexity index is 339. The molecule has 1 rings (SSSR count). The third kappa shape index (κ3) is 4.98. The fourth-order valence-electron chi connectivity index (χ4n) is 3.24. The smallest absolute Gasteiger partial charge is 0.393 e. The van der Waals surface area contributed by atoms with Crippen LogP contribution in [0, 0.1) is 5.92 Å². The zero-order valence-corrected chi connectivity index (χ0v) is 12.9. The molecular formula is C15H24F6O2. The topological polar surface area (TPSA) is 40.5 Å². The molecule has 1 fully saturated rings. The summed E-state index contributed by atoms with van der Waals surface area (Å²) >= 11 is 0. The average molecular weight is 350 g/mol. The van der Waals surface area contributed by atoms with E-state index in [1.165, 1.54) is 0 Å². The molecule has 1 aliphatic carbocycles. The molecule has 0 amide bonds. The van der Waals surface area contributed by atoms with Crippen LogP contribution in [0.25, 0.3) is 0 Å². The highest BCUT2D eigenvalue weighted by atomic mass is 19.4. The van der Waals surface area contributed by atoms with Gasteiger partial charge in [-0.2, -0.15) is 26.3 Å². The Morgan fingerprint density at radius 2 is 0.957 bits per heavy atom. The van der Waals surface area contributed by atoms with Gasteiger partial charge in [-0.15, -0.1) is 0 Å². The van der Waals surface area contributed by atoms with Gasteiger partial charge in [-0.3, -0.25) is 0 Å². The summed E-state index contributed by atoms with van der Waals surface area (Å²) in [6, 6.07) is 0. The fourth-order valence-corrected chi connectivity index (χ4v) is 3.24. The van der Waals surface area contributed by atoms with Gasteiger partial charge >= 0.3 is 12.4 Å². The van der Waals surface area contributed by atoms with Gasteiger partial charge in [-0.25, -0.2) is 0 Å². The Morgan fingerprint density at radius 1 is 0.609 bits per heavy atom. The summed E-state index contributed by atoms with van der Waals surface area (Å²) in [4.78, 5) is 0. The predicted octanol–water partition coefficient (Wildman–Crippen LogP) is 4.73. The molecule has 0 aliphatic heterocycles. The Hall–Kier alpha value is -0.500. The molecular weight excluding hydrogens is 326 g/mol. The highest BCUT2D eigenvalue weighted by Gasteiger charge is 2.74. The van der Waals surface area contributed by atoms with Crippen LogP contribution in [0.5, 0.6) is 0 Å². The third-order valence-corrected chi connectivity index (χ3v) is 4.63. The first-order valence-electron chi connectivity index (χ1n) is 8.05. The zero-order valence-electron chi connectivity index (χ0n) is 12.9. The van der Waals surface area contributed by atoms with Gasteiger partial charge in [0.25, 0.3) is 5.60 Å². The summed E-state index contributed by atoms with van der Waals surface area (Å²) in [6.07, 6.45) is -9.18. The lowest BCUT2D eigenvalue weighted by Crippen LogP contribution is -2.64. The van der Waals surface area contributed by atoms with E-state index in [4.69, 9.17) is 0 Å². The van der Waals surface area contributed by atoms with Crippen LogP contribution in [0.3, 0.4) is 0 Å². The van der Waals surface area contributed by atoms with Gasteiger partial charge in [-0.1, -0.05) is 51.4 Å². The SMILES string of the molecule is OC1CCCCCCCCCCC1C(O)(C(F)(F)F)C(F)(F)F. The van der Waals surface area contributed by atoms with Crippen molar-refractivity contribution < 1.29 is 36.6 Å². The lowest BCUT2D eigenvalue weighted by atomic mass is 9.76. The molecule has 0 bridgehead atoms. The Morgan fingerprint density at radius 3 is 1.35 bits per heavy atom. The van der Waals surface area contributed by atoms with Crippen molar-refractivity contribution in [2.24, 2.45) is 5.92 Å². The van der Waals surface area contributed by atoms with Gasteiger partial charge in [0, 0.05) is 5.92 Å². The molecule has 0 saturated heterocycles. The highest BCUT2D eigenvalue weighted by Crippen LogP contribution is 2.50. The van der Waals surface area contributed by atoms with E-state index in [9.17, 15) is 36.6 Å². The fraction of sp³-hybridized carbons (Fsp3) is 1.00. The molecule has 138 valence electrons. The van der Waals surface area contributed by atoms with E-state index in [1.807, 2.05) is 0 Å². The molecule has 0 spiro atoms. The number of hydrogen-bond acceptors (Lipinski definition) is 2. The third-order valence-electron chi connectivity index (χ3n) is 4.63. The van der Waals surface area contributed by atoms with E-state index in [0.29, 0.717) is 19.3 Å². The monoisotopic (exact) mass is 350 g/mol. The van der Waals surface area contributed by atoms with Crippen LogP contribution in [0.2, 0.25) is 0 Å². The minimum atomic E-state index is -5.88. The number of alkyl halides is 6. The molecule has 0 radical (unpaired) electrons. The average Bonchev–Trinajstić information content (AvgIpc) is 2.39. The van der Waals surface area contributed by atoms with Crippen molar-refractivity contribution in [2.75, 3.05) is 0 Å². The summed E-state index contributed by atoms with van der Waals surface area (Å²) < 4.78 is 78.2. The molecule has 2 nitrogen and oxygen atoms in total. The molecule has 23 heavy (non-hydrogen) atoms. The number of hydrogen-bond donors (Lipinski definition) is 2. The van der Waals surface area contributed by atoms with E-state index in [-0.39, 0.29) is 12.8 Å². The van der Waals surface area contributed by atoms with Gasteiger partial charge in [0.2, 0.25) is 0 Å². The first-order chi connectivity index (χ1) is 10.5. The van der Waals surface area contributed by atoms with Crippen LogP contribution in [-0.4, -0.2) is 34.3 Å². The van der Waals surface area contributed by atoms with Crippen molar-refractivity contribution in [3.05, 3.63) is 0 Å². The molecule has 0 aromatic carbocycles. The van der Waals surface area contributed by atoms with E-state index in [1.54, 1.807) is 0 Å². The van der Waals surface area contributed by atoms with E-state index >= 15 is 0 Å². The molecule has 2 unspecified atom stereocenters. The van der Waals surface area contributed by atoms with Gasteiger partial charge in [-0.05, 0) is 12.8 Å². The van der Waals surface area contributed by atoms with Crippen LogP contribution in [-0.2, 0) is 0 Å². The first kappa shape index (κ1) is 20.5. The zero-order chi connectivity index (χ0) is 17.7. The minimum absolute atomic E-state index is 0.121. The normalized spacial score (nSPS) is 27.1. The van der Waals surface area contributed by atoms with E-state index in [0.717, 1.165) is 25.7 Å². The van der Waals surface area contributed by atoms with Crippen molar-refractivity contribution in [1.29, 1.82) is 0 Å². The second kappa shape index (κ2) is 8.05. The molecule has 8 heteroatoms. The minimum Gasteiger partial charge on any atom is -0.393 e. The maximum absolute atomic E-state index is 13.0. The van der Waals surface area contributed by atoms with Crippen molar-refractivity contribution in [3.8, 4) is 0 Å². The Balaban J connectivity index is 3.06. The van der Waals surface area contributed by atoms with Gasteiger partial charge in [0.05, 0.1) is 6.10 Å². The number of halogens is 6. The molecule has 2 atom stereocenters.